The van der Waals surface area contributed by atoms with Crippen molar-refractivity contribution in [2.24, 2.45) is 5.92 Å². The number of carbonyl (C=O) groups excluding carboxylic acids is 1. The van der Waals surface area contributed by atoms with E-state index in [4.69, 9.17) is 5.11 Å². The summed E-state index contributed by atoms with van der Waals surface area (Å²) in [5.41, 5.74) is 1.66. The van der Waals surface area contributed by atoms with Gasteiger partial charge in [0.05, 0.1) is 5.92 Å². The van der Waals surface area contributed by atoms with Gasteiger partial charge in [-0.15, -0.1) is 0 Å². The van der Waals surface area contributed by atoms with Crippen molar-refractivity contribution in [2.75, 3.05) is 5.32 Å². The molecule has 1 aromatic carbocycles. The number of nitrogens with one attached hydrogen (secondary N) is 2. The summed E-state index contributed by atoms with van der Waals surface area (Å²) in [5, 5.41) is 14.1. The van der Waals surface area contributed by atoms with Crippen molar-refractivity contribution in [1.82, 2.24) is 5.32 Å². The lowest BCUT2D eigenvalue weighted by molar-refractivity contribution is -0.141. The maximum absolute atomic E-state index is 11.7. The largest absolute Gasteiger partial charge is 0.481 e. The van der Waals surface area contributed by atoms with Crippen LogP contribution in [0, 0.1) is 12.8 Å². The van der Waals surface area contributed by atoms with Gasteiger partial charge in [0.15, 0.2) is 0 Å². The van der Waals surface area contributed by atoms with Crippen LogP contribution >= 0.6 is 15.9 Å². The second-order valence-corrected chi connectivity index (χ2v) is 5.33. The van der Waals surface area contributed by atoms with E-state index >= 15 is 0 Å². The van der Waals surface area contributed by atoms with Crippen molar-refractivity contribution in [3.63, 3.8) is 0 Å². The van der Waals surface area contributed by atoms with Crippen LogP contribution in [0.5, 0.6) is 0 Å². The predicted molar refractivity (Wildman–Crippen MR) is 77.3 cm³/mol. The molecule has 5 nitrogen and oxygen atoms in total. The number of amides is 2. The zero-order valence-electron chi connectivity index (χ0n) is 11.0. The van der Waals surface area contributed by atoms with Gasteiger partial charge in [-0.3, -0.25) is 4.79 Å². The lowest BCUT2D eigenvalue weighted by Crippen LogP contribution is -2.42. The average Bonchev–Trinajstić information content (AvgIpc) is 2.32. The first kappa shape index (κ1) is 15.5. The molecule has 0 spiro atoms. The summed E-state index contributed by atoms with van der Waals surface area (Å²) in [4.78, 5) is 22.5. The molecule has 2 atom stereocenters. The highest BCUT2D eigenvalue weighted by Crippen LogP contribution is 2.19. The number of carboxylic acid groups (broad SMARTS) is 1. The van der Waals surface area contributed by atoms with Crippen LogP contribution in [0.4, 0.5) is 10.5 Å². The van der Waals surface area contributed by atoms with E-state index < -0.39 is 24.0 Å². The molecular formula is C13H17BrN2O3. The Bertz CT molecular complexity index is 491. The van der Waals surface area contributed by atoms with Gasteiger partial charge < -0.3 is 15.7 Å². The number of carboxylic acids is 1. The summed E-state index contributed by atoms with van der Waals surface area (Å²) in [6.07, 6.45) is 0. The third-order valence-corrected chi connectivity index (χ3v) is 3.80. The lowest BCUT2D eigenvalue weighted by atomic mass is 10.0. The predicted octanol–water partition coefficient (Wildman–Crippen LogP) is 2.99. The van der Waals surface area contributed by atoms with Crippen molar-refractivity contribution in [3.05, 3.63) is 28.2 Å². The maximum atomic E-state index is 11.7. The van der Waals surface area contributed by atoms with Crippen LogP contribution < -0.4 is 10.6 Å². The molecule has 2 unspecified atom stereocenters. The van der Waals surface area contributed by atoms with E-state index in [2.05, 4.69) is 26.6 Å². The minimum atomic E-state index is -0.938. The molecule has 0 radical (unpaired) electrons. The smallest absolute Gasteiger partial charge is 0.319 e. The Labute approximate surface area is 120 Å². The van der Waals surface area contributed by atoms with Gasteiger partial charge in [-0.1, -0.05) is 15.9 Å². The number of aliphatic carboxylic acids is 1. The van der Waals surface area contributed by atoms with Crippen molar-refractivity contribution >= 4 is 33.6 Å². The van der Waals surface area contributed by atoms with Crippen LogP contribution in [0.3, 0.4) is 0 Å². The van der Waals surface area contributed by atoms with Gasteiger partial charge in [-0.05, 0) is 44.5 Å². The normalized spacial score (nSPS) is 13.5. The Morgan fingerprint density at radius 3 is 2.47 bits per heavy atom. The van der Waals surface area contributed by atoms with E-state index in [0.717, 1.165) is 10.0 Å². The summed E-state index contributed by atoms with van der Waals surface area (Å²) < 4.78 is 0.964. The quantitative estimate of drug-likeness (QED) is 0.795. The third kappa shape index (κ3) is 4.55. The third-order valence-electron chi connectivity index (χ3n) is 2.91. The summed E-state index contributed by atoms with van der Waals surface area (Å²) in [6.45, 7) is 5.13. The molecule has 19 heavy (non-hydrogen) atoms. The van der Waals surface area contributed by atoms with Crippen molar-refractivity contribution < 1.29 is 14.7 Å². The van der Waals surface area contributed by atoms with Gasteiger partial charge in [0.25, 0.3) is 0 Å². The first-order valence-electron chi connectivity index (χ1n) is 5.87. The summed E-state index contributed by atoms with van der Waals surface area (Å²) >= 11 is 3.38. The van der Waals surface area contributed by atoms with Crippen LogP contribution in [-0.2, 0) is 4.79 Å². The molecule has 0 aromatic heterocycles. The number of aryl methyl sites for hydroxylation is 1. The minimum absolute atomic E-state index is 0.415. The number of benzene rings is 1. The number of urea groups is 1. The molecule has 0 saturated heterocycles. The van der Waals surface area contributed by atoms with Crippen LogP contribution in [0.2, 0.25) is 0 Å². The minimum Gasteiger partial charge on any atom is -0.481 e. The van der Waals surface area contributed by atoms with Gasteiger partial charge in [-0.25, -0.2) is 4.79 Å². The second kappa shape index (κ2) is 6.56. The molecule has 0 saturated carbocycles. The number of carbonyl (C=O) groups is 2. The molecule has 1 rings (SSSR count). The second-order valence-electron chi connectivity index (χ2n) is 4.48. The van der Waals surface area contributed by atoms with Gasteiger partial charge in [0, 0.05) is 16.2 Å². The first-order valence-corrected chi connectivity index (χ1v) is 6.67. The lowest BCUT2D eigenvalue weighted by Gasteiger charge is -2.18. The number of halogens is 1. The SMILES string of the molecule is Cc1cc(NC(=O)NC(C)C(C)C(=O)O)ccc1Br. The fourth-order valence-corrected chi connectivity index (χ4v) is 1.68. The number of rotatable bonds is 4. The highest BCUT2D eigenvalue weighted by atomic mass is 79.9. The fourth-order valence-electron chi connectivity index (χ4n) is 1.44. The van der Waals surface area contributed by atoms with Crippen LogP contribution in [0.1, 0.15) is 19.4 Å². The van der Waals surface area contributed by atoms with E-state index in [-0.39, 0.29) is 0 Å². The summed E-state index contributed by atoms with van der Waals surface area (Å²) in [5.74, 6) is -1.58. The molecule has 0 fully saturated rings. The Hall–Kier alpha value is -1.56. The molecule has 3 N–H and O–H groups in total. The average molecular weight is 329 g/mol. The fraction of sp³-hybridized carbons (Fsp3) is 0.385. The molecule has 0 aliphatic rings. The molecule has 1 aromatic rings. The number of hydrogen-bond donors (Lipinski definition) is 3. The van der Waals surface area contributed by atoms with Crippen molar-refractivity contribution in [2.45, 2.75) is 26.8 Å². The number of hydrogen-bond acceptors (Lipinski definition) is 2. The summed E-state index contributed by atoms with van der Waals surface area (Å²) in [7, 11) is 0. The van der Waals surface area contributed by atoms with Gasteiger partial charge in [0.1, 0.15) is 0 Å². The molecule has 0 heterocycles. The molecule has 0 aliphatic carbocycles. The molecule has 2 amide bonds. The van der Waals surface area contributed by atoms with E-state index in [0.29, 0.717) is 5.69 Å². The standard InChI is InChI=1S/C13H17BrN2O3/c1-7-6-10(4-5-11(7)14)16-13(19)15-9(3)8(2)12(17)18/h4-6,8-9H,1-3H3,(H,17,18)(H2,15,16,19). The maximum Gasteiger partial charge on any atom is 0.319 e. The highest BCUT2D eigenvalue weighted by molar-refractivity contribution is 9.10. The number of anilines is 1. The Morgan fingerprint density at radius 1 is 1.32 bits per heavy atom. The van der Waals surface area contributed by atoms with Crippen LogP contribution in [0.15, 0.2) is 22.7 Å². The van der Waals surface area contributed by atoms with Gasteiger partial charge >= 0.3 is 12.0 Å². The molecule has 0 aliphatic heterocycles. The topological polar surface area (TPSA) is 78.4 Å². The van der Waals surface area contributed by atoms with Crippen LogP contribution in [0.25, 0.3) is 0 Å². The zero-order chi connectivity index (χ0) is 14.6. The Kier molecular flexibility index (Phi) is 5.35. The van der Waals surface area contributed by atoms with Gasteiger partial charge in [0.2, 0.25) is 0 Å². The van der Waals surface area contributed by atoms with E-state index in [1.54, 1.807) is 19.9 Å². The first-order chi connectivity index (χ1) is 8.81. The summed E-state index contributed by atoms with van der Waals surface area (Å²) in [6, 6.07) is 4.57. The molecule has 0 bridgehead atoms. The molecule has 104 valence electrons. The van der Waals surface area contributed by atoms with Crippen LogP contribution in [-0.4, -0.2) is 23.1 Å². The molecular weight excluding hydrogens is 312 g/mol. The zero-order valence-corrected chi connectivity index (χ0v) is 12.6. The molecule has 6 heteroatoms. The van der Waals surface area contributed by atoms with E-state index in [9.17, 15) is 9.59 Å². The van der Waals surface area contributed by atoms with Crippen molar-refractivity contribution in [3.8, 4) is 0 Å². The Balaban J connectivity index is 2.60. The van der Waals surface area contributed by atoms with E-state index in [1.807, 2.05) is 19.1 Å². The Morgan fingerprint density at radius 2 is 1.95 bits per heavy atom. The van der Waals surface area contributed by atoms with Gasteiger partial charge in [-0.2, -0.15) is 0 Å². The highest BCUT2D eigenvalue weighted by Gasteiger charge is 2.20. The monoisotopic (exact) mass is 328 g/mol. The van der Waals surface area contributed by atoms with Crippen molar-refractivity contribution in [1.29, 1.82) is 0 Å². The van der Waals surface area contributed by atoms with E-state index in [1.165, 1.54) is 0 Å².